The van der Waals surface area contributed by atoms with E-state index in [0.29, 0.717) is 18.5 Å². The third-order valence-corrected chi connectivity index (χ3v) is 2.31. The van der Waals surface area contributed by atoms with E-state index in [0.717, 1.165) is 6.42 Å². The molecule has 0 unspecified atom stereocenters. The van der Waals surface area contributed by atoms with Gasteiger partial charge in [0.2, 0.25) is 0 Å². The van der Waals surface area contributed by atoms with Gasteiger partial charge in [-0.15, -0.1) is 0 Å². The van der Waals surface area contributed by atoms with Crippen LogP contribution in [0.5, 0.6) is 0 Å². The van der Waals surface area contributed by atoms with Crippen molar-refractivity contribution in [3.63, 3.8) is 0 Å². The predicted octanol–water partition coefficient (Wildman–Crippen LogP) is 1.24. The molecule has 1 saturated carbocycles. The van der Waals surface area contributed by atoms with Gasteiger partial charge in [-0.05, 0) is 19.3 Å². The Morgan fingerprint density at radius 1 is 1.69 bits per heavy atom. The maximum Gasteiger partial charge on any atom is 0.262 e. The van der Waals surface area contributed by atoms with Gasteiger partial charge in [-0.1, -0.05) is 0 Å². The molecule has 0 aromatic carbocycles. The topological polar surface area (TPSA) is 57.8 Å². The lowest BCUT2D eigenvalue weighted by Gasteiger charge is -2.31. The normalized spacial score (nSPS) is 19.2. The first-order valence-electron chi connectivity index (χ1n) is 4.20. The molecule has 0 bridgehead atoms. The Kier molecular flexibility index (Phi) is 1.79. The van der Waals surface area contributed by atoms with Gasteiger partial charge in [0.25, 0.3) is 5.91 Å². The van der Waals surface area contributed by atoms with Crippen LogP contribution in [0.25, 0.3) is 0 Å². The van der Waals surface area contributed by atoms with Gasteiger partial charge in [-0.25, -0.2) is 4.39 Å². The van der Waals surface area contributed by atoms with Crippen LogP contribution in [0.3, 0.4) is 0 Å². The Morgan fingerprint density at radius 2 is 2.46 bits per heavy atom. The minimum absolute atomic E-state index is 0.330. The molecule has 1 aliphatic rings. The molecule has 5 heteroatoms. The lowest BCUT2D eigenvalue weighted by atomic mass is 9.81. The zero-order valence-corrected chi connectivity index (χ0v) is 7.01. The molecule has 1 aromatic heterocycles. The average Bonchev–Trinajstić information content (AvgIpc) is 2.52. The molecule has 0 spiro atoms. The van der Waals surface area contributed by atoms with Crippen molar-refractivity contribution in [1.82, 2.24) is 10.2 Å². The second kappa shape index (κ2) is 2.83. The number of H-pyrrole nitrogens is 1. The lowest BCUT2D eigenvalue weighted by Crippen LogP contribution is -2.44. The monoisotopic (exact) mass is 183 g/mol. The highest BCUT2D eigenvalue weighted by molar-refractivity contribution is 5.97. The number of aromatic nitrogens is 2. The Morgan fingerprint density at radius 3 is 2.92 bits per heavy atom. The maximum absolute atomic E-state index is 13.4. The Hall–Kier alpha value is -1.39. The fourth-order valence-electron chi connectivity index (χ4n) is 1.28. The minimum Gasteiger partial charge on any atom is -0.321 e. The average molecular weight is 183 g/mol. The van der Waals surface area contributed by atoms with Gasteiger partial charge < -0.3 is 5.32 Å². The summed E-state index contributed by atoms with van der Waals surface area (Å²) in [6, 6.07) is 0. The van der Waals surface area contributed by atoms with Crippen LogP contribution in [0.2, 0.25) is 0 Å². The number of alkyl halides is 1. The van der Waals surface area contributed by atoms with E-state index in [1.54, 1.807) is 0 Å². The van der Waals surface area contributed by atoms with Gasteiger partial charge in [0, 0.05) is 6.20 Å². The predicted molar refractivity (Wildman–Crippen MR) is 44.9 cm³/mol. The number of carbonyl (C=O) groups is 1. The number of halogens is 1. The second-order valence-corrected chi connectivity index (χ2v) is 3.26. The van der Waals surface area contributed by atoms with Gasteiger partial charge in [-0.2, -0.15) is 5.10 Å². The van der Waals surface area contributed by atoms with Gasteiger partial charge in [-0.3, -0.25) is 9.89 Å². The fraction of sp³-hybridized carbons (Fsp3) is 0.500. The van der Waals surface area contributed by atoms with Crippen LogP contribution in [0.4, 0.5) is 10.1 Å². The van der Waals surface area contributed by atoms with Crippen molar-refractivity contribution in [2.24, 2.45) is 0 Å². The standard InChI is InChI=1S/C8H10FN3O/c9-8(2-1-3-8)7(13)12-6-4-10-11-5-6/h4-5H,1-3H2,(H,10,11)(H,12,13). The molecular formula is C8H10FN3O. The summed E-state index contributed by atoms with van der Waals surface area (Å²) in [5.74, 6) is -0.555. The van der Waals surface area contributed by atoms with Crippen molar-refractivity contribution in [1.29, 1.82) is 0 Å². The van der Waals surface area contributed by atoms with E-state index >= 15 is 0 Å². The molecule has 1 aliphatic carbocycles. The van der Waals surface area contributed by atoms with Crippen molar-refractivity contribution < 1.29 is 9.18 Å². The zero-order valence-electron chi connectivity index (χ0n) is 7.01. The van der Waals surface area contributed by atoms with Crippen LogP contribution in [-0.4, -0.2) is 21.8 Å². The van der Waals surface area contributed by atoms with Gasteiger partial charge in [0.1, 0.15) is 0 Å². The third-order valence-electron chi connectivity index (χ3n) is 2.31. The first-order valence-corrected chi connectivity index (χ1v) is 4.20. The van der Waals surface area contributed by atoms with Crippen molar-refractivity contribution in [3.05, 3.63) is 12.4 Å². The highest BCUT2D eigenvalue weighted by Gasteiger charge is 2.44. The molecule has 13 heavy (non-hydrogen) atoms. The van der Waals surface area contributed by atoms with Crippen LogP contribution in [0, 0.1) is 0 Å². The smallest absolute Gasteiger partial charge is 0.262 e. The summed E-state index contributed by atoms with van der Waals surface area (Å²) in [4.78, 5) is 11.3. The molecule has 1 heterocycles. The molecule has 0 saturated heterocycles. The summed E-state index contributed by atoms with van der Waals surface area (Å²) in [5, 5.41) is 8.63. The summed E-state index contributed by atoms with van der Waals surface area (Å²) in [6.45, 7) is 0. The van der Waals surface area contributed by atoms with E-state index in [9.17, 15) is 9.18 Å². The van der Waals surface area contributed by atoms with Gasteiger partial charge >= 0.3 is 0 Å². The van der Waals surface area contributed by atoms with E-state index in [4.69, 9.17) is 0 Å². The lowest BCUT2D eigenvalue weighted by molar-refractivity contribution is -0.132. The van der Waals surface area contributed by atoms with E-state index in [-0.39, 0.29) is 0 Å². The molecular weight excluding hydrogens is 173 g/mol. The summed E-state index contributed by atoms with van der Waals surface area (Å²) in [6.07, 6.45) is 4.41. The molecule has 1 fully saturated rings. The molecule has 0 atom stereocenters. The number of aromatic amines is 1. The molecule has 2 N–H and O–H groups in total. The van der Waals surface area contributed by atoms with Crippen molar-refractivity contribution >= 4 is 11.6 Å². The SMILES string of the molecule is O=C(Nc1cn[nH]c1)C1(F)CCC1. The van der Waals surface area contributed by atoms with E-state index < -0.39 is 11.6 Å². The van der Waals surface area contributed by atoms with Crippen LogP contribution in [0.1, 0.15) is 19.3 Å². The molecule has 70 valence electrons. The highest BCUT2D eigenvalue weighted by Crippen LogP contribution is 2.36. The summed E-state index contributed by atoms with van der Waals surface area (Å²) < 4.78 is 13.4. The molecule has 0 radical (unpaired) electrons. The van der Waals surface area contributed by atoms with E-state index in [1.165, 1.54) is 12.4 Å². The van der Waals surface area contributed by atoms with Crippen LogP contribution >= 0.6 is 0 Å². The number of amides is 1. The van der Waals surface area contributed by atoms with Crippen molar-refractivity contribution in [3.8, 4) is 0 Å². The number of carbonyl (C=O) groups excluding carboxylic acids is 1. The Bertz CT molecular complexity index is 305. The van der Waals surface area contributed by atoms with Gasteiger partial charge in [0.15, 0.2) is 5.67 Å². The summed E-state index contributed by atoms with van der Waals surface area (Å²) in [5.41, 5.74) is -1.13. The van der Waals surface area contributed by atoms with Gasteiger partial charge in [0.05, 0.1) is 11.9 Å². The number of anilines is 1. The van der Waals surface area contributed by atoms with E-state index in [1.807, 2.05) is 0 Å². The molecule has 0 aliphatic heterocycles. The largest absolute Gasteiger partial charge is 0.321 e. The number of rotatable bonds is 2. The minimum atomic E-state index is -1.64. The zero-order chi connectivity index (χ0) is 9.31. The molecule has 1 aromatic rings. The first-order chi connectivity index (χ1) is 6.21. The number of hydrogen-bond acceptors (Lipinski definition) is 2. The molecule has 1 amide bonds. The van der Waals surface area contributed by atoms with E-state index in [2.05, 4.69) is 15.5 Å². The fourth-order valence-corrected chi connectivity index (χ4v) is 1.28. The number of hydrogen-bond donors (Lipinski definition) is 2. The Labute approximate surface area is 74.5 Å². The van der Waals surface area contributed by atoms with Crippen LogP contribution < -0.4 is 5.32 Å². The Balaban J connectivity index is 1.99. The second-order valence-electron chi connectivity index (χ2n) is 3.26. The van der Waals surface area contributed by atoms with Crippen molar-refractivity contribution in [2.45, 2.75) is 24.9 Å². The molecule has 4 nitrogen and oxygen atoms in total. The number of nitrogens with zero attached hydrogens (tertiary/aromatic N) is 1. The van der Waals surface area contributed by atoms with Crippen molar-refractivity contribution in [2.75, 3.05) is 5.32 Å². The first kappa shape index (κ1) is 8.22. The highest BCUT2D eigenvalue weighted by atomic mass is 19.1. The van der Waals surface area contributed by atoms with Crippen LogP contribution in [0.15, 0.2) is 12.4 Å². The number of nitrogens with one attached hydrogen (secondary N) is 2. The molecule has 2 rings (SSSR count). The summed E-state index contributed by atoms with van der Waals surface area (Å²) >= 11 is 0. The summed E-state index contributed by atoms with van der Waals surface area (Å²) in [7, 11) is 0. The van der Waals surface area contributed by atoms with Crippen LogP contribution in [-0.2, 0) is 4.79 Å². The quantitative estimate of drug-likeness (QED) is 0.724. The third kappa shape index (κ3) is 1.41. The maximum atomic E-state index is 13.4.